The second kappa shape index (κ2) is 10.8. The minimum Gasteiger partial charge on any atom is -0.466 e. The third kappa shape index (κ3) is 5.16. The molecule has 2 heterocycles. The molecular weight excluding hydrogens is 468 g/mol. The van der Waals surface area contributed by atoms with Crippen LogP contribution < -0.4 is 0 Å². The number of ether oxygens (including phenoxy) is 2. The molecule has 188 valence electrons. The molecule has 5 rings (SSSR count). The van der Waals surface area contributed by atoms with Crippen molar-refractivity contribution in [1.82, 2.24) is 9.88 Å². The van der Waals surface area contributed by atoms with Gasteiger partial charge in [-0.2, -0.15) is 0 Å². The van der Waals surface area contributed by atoms with Crippen LogP contribution in [0.2, 0.25) is 0 Å². The number of aromatic nitrogens is 1. The number of hydrogen-bond acceptors (Lipinski definition) is 6. The first kappa shape index (κ1) is 24.4. The van der Waals surface area contributed by atoms with Crippen LogP contribution in [0, 0.1) is 5.92 Å². The highest BCUT2D eigenvalue weighted by Gasteiger charge is 2.28. The molecular formula is C30H28N2O5. The third-order valence-corrected chi connectivity index (χ3v) is 6.80. The molecule has 1 aliphatic heterocycles. The van der Waals surface area contributed by atoms with Crippen LogP contribution in [-0.4, -0.2) is 54.0 Å². The molecule has 1 aliphatic rings. The minimum atomic E-state index is -0.574. The second-order valence-corrected chi connectivity index (χ2v) is 9.08. The van der Waals surface area contributed by atoms with E-state index in [2.05, 4.69) is 0 Å². The molecule has 0 atom stereocenters. The Morgan fingerprint density at radius 3 is 2.38 bits per heavy atom. The summed E-state index contributed by atoms with van der Waals surface area (Å²) in [4.78, 5) is 44.4. The standard InChI is InChI=1S/C30H28N2O5/c1-2-36-29(34)21-14-16-32(17-15-21)28(33)19-37-30(35)25-18-27(31-26-13-6-5-11-24(25)26)23-12-7-9-20-8-3-4-10-22(20)23/h3-13,18,21H,2,14-17,19H2,1H3. The van der Waals surface area contributed by atoms with Crippen LogP contribution in [0.25, 0.3) is 32.9 Å². The second-order valence-electron chi connectivity index (χ2n) is 9.08. The van der Waals surface area contributed by atoms with Crippen LogP contribution in [-0.2, 0) is 19.1 Å². The molecule has 0 saturated carbocycles. The maximum Gasteiger partial charge on any atom is 0.339 e. The molecule has 0 N–H and O–H groups in total. The van der Waals surface area contributed by atoms with Crippen molar-refractivity contribution in [3.63, 3.8) is 0 Å². The molecule has 4 aromatic rings. The predicted molar refractivity (Wildman–Crippen MR) is 141 cm³/mol. The third-order valence-electron chi connectivity index (χ3n) is 6.80. The van der Waals surface area contributed by atoms with E-state index in [0.29, 0.717) is 54.7 Å². The van der Waals surface area contributed by atoms with E-state index in [0.717, 1.165) is 16.3 Å². The lowest BCUT2D eigenvalue weighted by atomic mass is 9.97. The molecule has 37 heavy (non-hydrogen) atoms. The number of piperidine rings is 1. The maximum atomic E-state index is 13.2. The number of esters is 2. The lowest BCUT2D eigenvalue weighted by Crippen LogP contribution is -2.42. The number of carbonyl (C=O) groups is 3. The fourth-order valence-electron chi connectivity index (χ4n) is 4.85. The fourth-order valence-corrected chi connectivity index (χ4v) is 4.85. The highest BCUT2D eigenvalue weighted by atomic mass is 16.5. The molecule has 0 spiro atoms. The number of carbonyl (C=O) groups excluding carboxylic acids is 3. The van der Waals surface area contributed by atoms with Gasteiger partial charge in [0.05, 0.1) is 29.3 Å². The molecule has 0 unspecified atom stereocenters. The number of hydrogen-bond donors (Lipinski definition) is 0. The molecule has 0 radical (unpaired) electrons. The number of rotatable bonds is 6. The molecule has 0 bridgehead atoms. The molecule has 1 saturated heterocycles. The molecule has 1 amide bonds. The van der Waals surface area contributed by atoms with Crippen LogP contribution in [0.4, 0.5) is 0 Å². The van der Waals surface area contributed by atoms with Gasteiger partial charge in [-0.25, -0.2) is 9.78 Å². The Labute approximate surface area is 215 Å². The Morgan fingerprint density at radius 1 is 0.892 bits per heavy atom. The summed E-state index contributed by atoms with van der Waals surface area (Å²) in [5, 5.41) is 2.78. The lowest BCUT2D eigenvalue weighted by molar-refractivity contribution is -0.151. The molecule has 0 aliphatic carbocycles. The van der Waals surface area contributed by atoms with Gasteiger partial charge < -0.3 is 14.4 Å². The van der Waals surface area contributed by atoms with Crippen molar-refractivity contribution in [2.24, 2.45) is 5.92 Å². The van der Waals surface area contributed by atoms with Crippen LogP contribution in [0.15, 0.2) is 72.8 Å². The van der Waals surface area contributed by atoms with Crippen molar-refractivity contribution in [3.05, 3.63) is 78.4 Å². The number of pyridine rings is 1. The molecule has 3 aromatic carbocycles. The van der Waals surface area contributed by atoms with E-state index in [1.807, 2.05) is 66.7 Å². The number of nitrogens with zero attached hydrogens (tertiary/aromatic N) is 2. The smallest absolute Gasteiger partial charge is 0.339 e. The highest BCUT2D eigenvalue weighted by molar-refractivity contribution is 6.06. The minimum absolute atomic E-state index is 0.192. The Hall–Kier alpha value is -4.26. The summed E-state index contributed by atoms with van der Waals surface area (Å²) in [5.41, 5.74) is 2.61. The summed E-state index contributed by atoms with van der Waals surface area (Å²) in [6, 6.07) is 23.2. The Kier molecular flexibility index (Phi) is 7.12. The zero-order valence-corrected chi connectivity index (χ0v) is 20.7. The Balaban J connectivity index is 1.34. The number of fused-ring (bicyclic) bond motifs is 2. The van der Waals surface area contributed by atoms with E-state index < -0.39 is 5.97 Å². The van der Waals surface area contributed by atoms with Gasteiger partial charge in [-0.05, 0) is 42.7 Å². The zero-order chi connectivity index (χ0) is 25.8. The normalized spacial score (nSPS) is 14.0. The first-order valence-electron chi connectivity index (χ1n) is 12.5. The summed E-state index contributed by atoms with van der Waals surface area (Å²) in [5.74, 6) is -1.26. The van der Waals surface area contributed by atoms with Crippen molar-refractivity contribution in [1.29, 1.82) is 0 Å². The number of amides is 1. The summed E-state index contributed by atoms with van der Waals surface area (Å²) in [6.07, 6.45) is 1.09. The van der Waals surface area contributed by atoms with Gasteiger partial charge in [0.25, 0.3) is 5.91 Å². The average molecular weight is 497 g/mol. The Morgan fingerprint density at radius 2 is 1.59 bits per heavy atom. The topological polar surface area (TPSA) is 85.8 Å². The summed E-state index contributed by atoms with van der Waals surface area (Å²) in [6.45, 7) is 2.64. The average Bonchev–Trinajstić information content (AvgIpc) is 2.95. The van der Waals surface area contributed by atoms with Crippen LogP contribution >= 0.6 is 0 Å². The van der Waals surface area contributed by atoms with Crippen molar-refractivity contribution < 1.29 is 23.9 Å². The van der Waals surface area contributed by atoms with Gasteiger partial charge >= 0.3 is 11.9 Å². The monoisotopic (exact) mass is 496 g/mol. The molecule has 1 aromatic heterocycles. The summed E-state index contributed by atoms with van der Waals surface area (Å²) in [7, 11) is 0. The van der Waals surface area contributed by atoms with Crippen LogP contribution in [0.3, 0.4) is 0 Å². The van der Waals surface area contributed by atoms with Gasteiger partial charge in [-0.15, -0.1) is 0 Å². The van der Waals surface area contributed by atoms with Crippen molar-refractivity contribution in [2.45, 2.75) is 19.8 Å². The van der Waals surface area contributed by atoms with Crippen LogP contribution in [0.1, 0.15) is 30.1 Å². The van der Waals surface area contributed by atoms with Gasteiger partial charge in [-0.3, -0.25) is 9.59 Å². The predicted octanol–water partition coefficient (Wildman–Crippen LogP) is 5.01. The van der Waals surface area contributed by atoms with Gasteiger partial charge in [-0.1, -0.05) is 60.7 Å². The molecule has 7 heteroatoms. The number of likely N-dealkylation sites (tertiary alicyclic amines) is 1. The van der Waals surface area contributed by atoms with E-state index in [4.69, 9.17) is 14.5 Å². The van der Waals surface area contributed by atoms with Crippen LogP contribution in [0.5, 0.6) is 0 Å². The molecule has 1 fully saturated rings. The highest BCUT2D eigenvalue weighted by Crippen LogP contribution is 2.31. The Bertz CT molecular complexity index is 1470. The van der Waals surface area contributed by atoms with Gasteiger partial charge in [0.15, 0.2) is 6.61 Å². The van der Waals surface area contributed by atoms with E-state index in [1.165, 1.54) is 0 Å². The number of para-hydroxylation sites is 1. The van der Waals surface area contributed by atoms with Gasteiger partial charge in [0, 0.05) is 24.0 Å². The lowest BCUT2D eigenvalue weighted by Gasteiger charge is -2.30. The van der Waals surface area contributed by atoms with Crippen molar-refractivity contribution in [2.75, 3.05) is 26.3 Å². The van der Waals surface area contributed by atoms with E-state index in [1.54, 1.807) is 17.9 Å². The zero-order valence-electron chi connectivity index (χ0n) is 20.7. The van der Waals surface area contributed by atoms with E-state index in [-0.39, 0.29) is 24.4 Å². The van der Waals surface area contributed by atoms with Gasteiger partial charge in [0.2, 0.25) is 0 Å². The fraction of sp³-hybridized carbons (Fsp3) is 0.267. The number of benzene rings is 3. The maximum absolute atomic E-state index is 13.2. The SMILES string of the molecule is CCOC(=O)C1CCN(C(=O)COC(=O)c2cc(-c3cccc4ccccc34)nc3ccccc23)CC1. The summed E-state index contributed by atoms with van der Waals surface area (Å²) < 4.78 is 10.6. The van der Waals surface area contributed by atoms with Crippen molar-refractivity contribution in [3.8, 4) is 11.3 Å². The quantitative estimate of drug-likeness (QED) is 0.349. The van der Waals surface area contributed by atoms with Gasteiger partial charge in [0.1, 0.15) is 0 Å². The van der Waals surface area contributed by atoms with E-state index in [9.17, 15) is 14.4 Å². The molecule has 7 nitrogen and oxygen atoms in total. The summed E-state index contributed by atoms with van der Waals surface area (Å²) >= 11 is 0. The van der Waals surface area contributed by atoms with Crippen molar-refractivity contribution >= 4 is 39.5 Å². The van der Waals surface area contributed by atoms with E-state index >= 15 is 0 Å². The first-order chi connectivity index (χ1) is 18.0. The first-order valence-corrected chi connectivity index (χ1v) is 12.5. The largest absolute Gasteiger partial charge is 0.466 e.